The SMILES string of the molecule is COc1cc(CN)cc(Cl)c1OCCOCC(F)(F)F. The van der Waals surface area contributed by atoms with E-state index in [1.807, 2.05) is 0 Å². The van der Waals surface area contributed by atoms with Crippen LogP contribution in [0.15, 0.2) is 12.1 Å². The number of hydrogen-bond acceptors (Lipinski definition) is 4. The Morgan fingerprint density at radius 3 is 2.50 bits per heavy atom. The zero-order valence-electron chi connectivity index (χ0n) is 10.8. The first-order valence-electron chi connectivity index (χ1n) is 5.71. The van der Waals surface area contributed by atoms with Gasteiger partial charge in [0.25, 0.3) is 0 Å². The van der Waals surface area contributed by atoms with Crippen molar-refractivity contribution in [2.45, 2.75) is 12.7 Å². The van der Waals surface area contributed by atoms with E-state index >= 15 is 0 Å². The normalized spacial score (nSPS) is 11.5. The molecule has 114 valence electrons. The molecule has 0 saturated heterocycles. The minimum Gasteiger partial charge on any atom is -0.493 e. The smallest absolute Gasteiger partial charge is 0.411 e. The fourth-order valence-electron chi connectivity index (χ4n) is 1.42. The third kappa shape index (κ3) is 5.44. The number of methoxy groups -OCH3 is 1. The van der Waals surface area contributed by atoms with Crippen LogP contribution in [-0.4, -0.2) is 33.1 Å². The van der Waals surface area contributed by atoms with Crippen molar-refractivity contribution in [3.63, 3.8) is 0 Å². The lowest BCUT2D eigenvalue weighted by atomic mass is 10.2. The van der Waals surface area contributed by atoms with E-state index in [0.29, 0.717) is 5.75 Å². The van der Waals surface area contributed by atoms with Crippen molar-refractivity contribution in [3.05, 3.63) is 22.7 Å². The quantitative estimate of drug-likeness (QED) is 0.786. The molecular formula is C12H15ClF3NO3. The van der Waals surface area contributed by atoms with Crippen LogP contribution in [0.5, 0.6) is 11.5 Å². The minimum absolute atomic E-state index is 0.0753. The molecule has 0 radical (unpaired) electrons. The Kier molecular flexibility index (Phi) is 6.38. The van der Waals surface area contributed by atoms with Crippen molar-refractivity contribution in [3.8, 4) is 11.5 Å². The van der Waals surface area contributed by atoms with Crippen LogP contribution in [-0.2, 0) is 11.3 Å². The predicted molar refractivity (Wildman–Crippen MR) is 68.3 cm³/mol. The van der Waals surface area contributed by atoms with Crippen molar-refractivity contribution in [1.29, 1.82) is 0 Å². The van der Waals surface area contributed by atoms with Crippen LogP contribution in [0.4, 0.5) is 13.2 Å². The summed E-state index contributed by atoms with van der Waals surface area (Å²) in [5.74, 6) is 0.621. The Labute approximate surface area is 119 Å². The molecule has 4 nitrogen and oxygen atoms in total. The van der Waals surface area contributed by atoms with Gasteiger partial charge in [0.05, 0.1) is 18.7 Å². The first-order chi connectivity index (χ1) is 9.37. The van der Waals surface area contributed by atoms with Crippen molar-refractivity contribution in [2.75, 3.05) is 26.9 Å². The Morgan fingerprint density at radius 2 is 1.95 bits per heavy atom. The molecule has 2 N–H and O–H groups in total. The molecule has 1 rings (SSSR count). The molecular weight excluding hydrogens is 299 g/mol. The highest BCUT2D eigenvalue weighted by molar-refractivity contribution is 6.32. The van der Waals surface area contributed by atoms with Gasteiger partial charge in [-0.05, 0) is 17.7 Å². The zero-order valence-corrected chi connectivity index (χ0v) is 11.6. The van der Waals surface area contributed by atoms with E-state index in [1.165, 1.54) is 7.11 Å². The van der Waals surface area contributed by atoms with E-state index in [2.05, 4.69) is 4.74 Å². The van der Waals surface area contributed by atoms with Gasteiger partial charge in [0.2, 0.25) is 0 Å². The fraction of sp³-hybridized carbons (Fsp3) is 0.500. The maximum Gasteiger partial charge on any atom is 0.411 e. The molecule has 1 aromatic carbocycles. The van der Waals surface area contributed by atoms with E-state index < -0.39 is 12.8 Å². The number of rotatable bonds is 7. The van der Waals surface area contributed by atoms with E-state index in [1.54, 1.807) is 12.1 Å². The second-order valence-electron chi connectivity index (χ2n) is 3.83. The van der Waals surface area contributed by atoms with Crippen molar-refractivity contribution >= 4 is 11.6 Å². The van der Waals surface area contributed by atoms with Gasteiger partial charge in [0, 0.05) is 6.54 Å². The zero-order chi connectivity index (χ0) is 15.2. The third-order valence-electron chi connectivity index (χ3n) is 2.26. The molecule has 0 fully saturated rings. The van der Waals surface area contributed by atoms with Crippen molar-refractivity contribution in [1.82, 2.24) is 0 Å². The van der Waals surface area contributed by atoms with Gasteiger partial charge in [0.1, 0.15) is 13.2 Å². The van der Waals surface area contributed by atoms with Crippen LogP contribution >= 0.6 is 11.6 Å². The molecule has 0 aliphatic rings. The standard InChI is InChI=1S/C12H15ClF3NO3/c1-18-10-5-8(6-17)4-9(13)11(10)20-3-2-19-7-12(14,15)16/h4-5H,2-3,6-7,17H2,1H3. The molecule has 1 aromatic rings. The Morgan fingerprint density at radius 1 is 1.25 bits per heavy atom. The van der Waals surface area contributed by atoms with Gasteiger partial charge in [-0.2, -0.15) is 13.2 Å². The van der Waals surface area contributed by atoms with Crippen LogP contribution in [0.1, 0.15) is 5.56 Å². The summed E-state index contributed by atoms with van der Waals surface area (Å²) in [6, 6.07) is 3.26. The molecule has 0 spiro atoms. The highest BCUT2D eigenvalue weighted by Gasteiger charge is 2.27. The molecule has 20 heavy (non-hydrogen) atoms. The largest absolute Gasteiger partial charge is 0.493 e. The molecule has 0 bridgehead atoms. The molecule has 0 atom stereocenters. The first-order valence-corrected chi connectivity index (χ1v) is 6.09. The van der Waals surface area contributed by atoms with E-state index in [9.17, 15) is 13.2 Å². The second kappa shape index (κ2) is 7.56. The highest BCUT2D eigenvalue weighted by atomic mass is 35.5. The molecule has 0 aromatic heterocycles. The lowest BCUT2D eigenvalue weighted by Gasteiger charge is -2.14. The predicted octanol–water partition coefficient (Wildman–Crippen LogP) is 2.77. The van der Waals surface area contributed by atoms with Crippen LogP contribution < -0.4 is 15.2 Å². The van der Waals surface area contributed by atoms with Crippen molar-refractivity contribution < 1.29 is 27.4 Å². The maximum atomic E-state index is 11.9. The number of nitrogens with two attached hydrogens (primary N) is 1. The monoisotopic (exact) mass is 313 g/mol. The third-order valence-corrected chi connectivity index (χ3v) is 2.55. The molecule has 0 heterocycles. The van der Waals surface area contributed by atoms with Gasteiger partial charge < -0.3 is 19.9 Å². The van der Waals surface area contributed by atoms with Gasteiger partial charge in [-0.3, -0.25) is 0 Å². The maximum absolute atomic E-state index is 11.9. The number of alkyl halides is 3. The van der Waals surface area contributed by atoms with Gasteiger partial charge in [-0.15, -0.1) is 0 Å². The summed E-state index contributed by atoms with van der Waals surface area (Å²) in [4.78, 5) is 0. The average Bonchev–Trinajstić information content (AvgIpc) is 2.38. The summed E-state index contributed by atoms with van der Waals surface area (Å²) in [6.07, 6.45) is -4.35. The summed E-state index contributed by atoms with van der Waals surface area (Å²) < 4.78 is 50.4. The van der Waals surface area contributed by atoms with E-state index in [-0.39, 0.29) is 30.5 Å². The number of hydrogen-bond donors (Lipinski definition) is 1. The lowest BCUT2D eigenvalue weighted by molar-refractivity contribution is -0.175. The first kappa shape index (κ1) is 16.9. The van der Waals surface area contributed by atoms with E-state index in [4.69, 9.17) is 26.8 Å². The number of benzene rings is 1. The van der Waals surface area contributed by atoms with Gasteiger partial charge >= 0.3 is 6.18 Å². The Hall–Kier alpha value is -1.18. The van der Waals surface area contributed by atoms with Crippen LogP contribution in [0.25, 0.3) is 0 Å². The lowest BCUT2D eigenvalue weighted by Crippen LogP contribution is -2.19. The molecule has 0 amide bonds. The molecule has 0 unspecified atom stereocenters. The summed E-state index contributed by atoms with van der Waals surface area (Å²) in [7, 11) is 1.43. The Balaban J connectivity index is 2.55. The molecule has 8 heteroatoms. The van der Waals surface area contributed by atoms with Crippen LogP contribution in [0, 0.1) is 0 Å². The number of halogens is 4. The Bertz CT molecular complexity index is 441. The highest BCUT2D eigenvalue weighted by Crippen LogP contribution is 2.36. The molecule has 0 aliphatic carbocycles. The summed E-state index contributed by atoms with van der Waals surface area (Å²) in [5.41, 5.74) is 6.25. The minimum atomic E-state index is -4.35. The van der Waals surface area contributed by atoms with Gasteiger partial charge in [0.15, 0.2) is 11.5 Å². The second-order valence-corrected chi connectivity index (χ2v) is 4.24. The van der Waals surface area contributed by atoms with Crippen LogP contribution in [0.2, 0.25) is 5.02 Å². The fourth-order valence-corrected chi connectivity index (χ4v) is 1.71. The van der Waals surface area contributed by atoms with Gasteiger partial charge in [-0.25, -0.2) is 0 Å². The average molecular weight is 314 g/mol. The molecule has 0 aliphatic heterocycles. The topological polar surface area (TPSA) is 53.7 Å². The van der Waals surface area contributed by atoms with Crippen molar-refractivity contribution in [2.24, 2.45) is 5.73 Å². The summed E-state index contributed by atoms with van der Waals surface area (Å²) >= 11 is 6.00. The number of ether oxygens (including phenoxy) is 3. The van der Waals surface area contributed by atoms with Crippen LogP contribution in [0.3, 0.4) is 0 Å². The summed E-state index contributed by atoms with van der Waals surface area (Å²) in [6.45, 7) is -1.32. The van der Waals surface area contributed by atoms with Gasteiger partial charge in [-0.1, -0.05) is 11.6 Å². The molecule has 0 saturated carbocycles. The summed E-state index contributed by atoms with van der Waals surface area (Å²) in [5, 5.41) is 0.278. The van der Waals surface area contributed by atoms with E-state index in [0.717, 1.165) is 5.56 Å².